The van der Waals surface area contributed by atoms with Crippen molar-refractivity contribution in [3.8, 4) is 0 Å². The van der Waals surface area contributed by atoms with Crippen molar-refractivity contribution in [1.82, 2.24) is 9.80 Å². The van der Waals surface area contributed by atoms with Crippen molar-refractivity contribution < 1.29 is 70.1 Å². The summed E-state index contributed by atoms with van der Waals surface area (Å²) >= 11 is 0. The maximum Gasteiger partial charge on any atom is 2.00 e. The van der Waals surface area contributed by atoms with Gasteiger partial charge in [-0.05, 0) is 41.2 Å². The molecule has 0 fully saturated rings. The van der Waals surface area contributed by atoms with E-state index in [-0.39, 0.29) is 28.6 Å². The van der Waals surface area contributed by atoms with Gasteiger partial charge in [0, 0.05) is 13.1 Å². The Morgan fingerprint density at radius 2 is 1.10 bits per heavy atom. The summed E-state index contributed by atoms with van der Waals surface area (Å²) in [7, 11) is -5.10. The number of nitrogens with zero attached hydrogens (tertiary/aromatic N) is 3. The van der Waals surface area contributed by atoms with E-state index in [2.05, 4.69) is 38.0 Å². The predicted molar refractivity (Wildman–Crippen MR) is 94.9 cm³/mol. The molecule has 18 heteroatoms. The Balaban J connectivity index is -0.000000193. The Hall–Kier alpha value is -0.911. The summed E-state index contributed by atoms with van der Waals surface area (Å²) in [5.74, 6) is -0.375. The average Bonchev–Trinajstić information content (AvgIpc) is 2.41. The number of halogens is 6. The van der Waals surface area contributed by atoms with E-state index in [4.69, 9.17) is 0 Å². The first kappa shape index (κ1) is 37.4. The summed E-state index contributed by atoms with van der Waals surface area (Å²) in [6, 6.07) is 0. The van der Waals surface area contributed by atoms with Gasteiger partial charge in [0.25, 0.3) is 0 Å². The van der Waals surface area contributed by atoms with Crippen LogP contribution in [0.2, 0.25) is 0 Å². The van der Waals surface area contributed by atoms with Crippen molar-refractivity contribution in [3.63, 3.8) is 0 Å². The standard InChI is InChI=1S/C6H16N2.C5H8O2.C2F6NO4S2.Cu/c1-7(2)5-6-8(3)4;1-4(6)3-5(2)7;3-1(4,5)14(10,11)9-15(12,13)2(6,7)8;/h5-6H2,1-4H3;3,6H,1-2H3;;/q;;-1;+2/p-1/b;4-3-;;. The second kappa shape index (κ2) is 15.0. The molecule has 0 aliphatic rings. The topological polar surface area (TPSA) is 129 Å². The molecule has 0 heterocycles. The van der Waals surface area contributed by atoms with E-state index in [1.54, 1.807) is 0 Å². The molecule has 0 rings (SSSR count). The molecule has 0 aromatic carbocycles. The molecule has 0 aromatic rings. The summed E-state index contributed by atoms with van der Waals surface area (Å²) < 4.78 is 109. The summed E-state index contributed by atoms with van der Waals surface area (Å²) in [5.41, 5.74) is -12.4. The molecule has 0 atom stereocenters. The van der Waals surface area contributed by atoms with Crippen molar-refractivity contribution in [1.29, 1.82) is 0 Å². The Kier molecular flexibility index (Phi) is 18.1. The molecular formula is C13H23CuF6N3O6S2. The number of rotatable bonds is 6. The number of alkyl halides is 6. The van der Waals surface area contributed by atoms with Gasteiger partial charge in [-0.1, -0.05) is 6.92 Å². The van der Waals surface area contributed by atoms with Crippen LogP contribution in [0.3, 0.4) is 0 Å². The smallest absolute Gasteiger partial charge is 0.876 e. The fourth-order valence-electron chi connectivity index (χ4n) is 0.900. The molecule has 0 aliphatic carbocycles. The van der Waals surface area contributed by atoms with Gasteiger partial charge in [-0.3, -0.25) is 4.79 Å². The number of ketones is 1. The van der Waals surface area contributed by atoms with Crippen LogP contribution >= 0.6 is 0 Å². The average molecular weight is 559 g/mol. The van der Waals surface area contributed by atoms with Crippen LogP contribution in [0.5, 0.6) is 0 Å². The minimum atomic E-state index is -6.72. The molecule has 0 aromatic heterocycles. The van der Waals surface area contributed by atoms with Gasteiger partial charge >= 0.3 is 28.1 Å². The maximum absolute atomic E-state index is 11.4. The Morgan fingerprint density at radius 3 is 1.19 bits per heavy atom. The first-order chi connectivity index (χ1) is 13.0. The number of likely N-dealkylation sites (N-methyl/N-ethyl adjacent to an activating group) is 2. The molecule has 1 radical (unpaired) electrons. The molecule has 0 N–H and O–H groups in total. The van der Waals surface area contributed by atoms with E-state index in [1.165, 1.54) is 13.8 Å². The fourth-order valence-corrected chi connectivity index (χ4v) is 2.61. The monoisotopic (exact) mass is 558 g/mol. The molecule has 0 amide bonds. The maximum atomic E-state index is 11.4. The molecular weight excluding hydrogens is 536 g/mol. The fraction of sp³-hybridized carbons (Fsp3) is 0.769. The largest absolute Gasteiger partial charge is 2.00 e. The third-order valence-electron chi connectivity index (χ3n) is 2.18. The van der Waals surface area contributed by atoms with E-state index in [0.29, 0.717) is 0 Å². The zero-order chi connectivity index (χ0) is 25.1. The van der Waals surface area contributed by atoms with E-state index in [1.807, 2.05) is 0 Å². The van der Waals surface area contributed by atoms with E-state index in [9.17, 15) is 53.1 Å². The van der Waals surface area contributed by atoms with Crippen LogP contribution < -0.4 is 5.11 Å². The Bertz CT molecular complexity index is 712. The van der Waals surface area contributed by atoms with E-state index in [0.717, 1.165) is 23.3 Å². The summed E-state index contributed by atoms with van der Waals surface area (Å²) in [4.78, 5) is 14.3. The van der Waals surface area contributed by atoms with Crippen molar-refractivity contribution in [2.45, 2.75) is 24.9 Å². The van der Waals surface area contributed by atoms with Gasteiger partial charge in [-0.2, -0.15) is 26.3 Å². The molecule has 0 bridgehead atoms. The zero-order valence-electron chi connectivity index (χ0n) is 17.2. The number of allylic oxidation sites excluding steroid dienone is 2. The van der Waals surface area contributed by atoms with Crippen LogP contribution in [-0.4, -0.2) is 84.7 Å². The van der Waals surface area contributed by atoms with Crippen LogP contribution in [0.1, 0.15) is 13.8 Å². The SMILES string of the molecule is CC(=O)/C=C(/C)[O-].CN(C)CCN(C)C.O=S(=O)([N-]S(=O)(=O)C(F)(F)F)C(F)(F)F.[Cu+2]. The van der Waals surface area contributed by atoms with Crippen molar-refractivity contribution in [2.75, 3.05) is 41.3 Å². The van der Waals surface area contributed by atoms with Crippen LogP contribution in [0.25, 0.3) is 4.13 Å². The van der Waals surface area contributed by atoms with E-state index < -0.39 is 31.1 Å². The van der Waals surface area contributed by atoms with Gasteiger partial charge < -0.3 is 19.0 Å². The number of sulfonamides is 2. The summed E-state index contributed by atoms with van der Waals surface area (Å²) in [5, 5.41) is 9.98. The van der Waals surface area contributed by atoms with Gasteiger partial charge in [0.1, 0.15) is 0 Å². The molecule has 9 nitrogen and oxygen atoms in total. The minimum Gasteiger partial charge on any atom is -0.876 e. The second-order valence-corrected chi connectivity index (χ2v) is 9.31. The number of hydrogen-bond donors (Lipinski definition) is 0. The molecule has 0 saturated carbocycles. The third-order valence-corrected chi connectivity index (χ3v) is 4.92. The van der Waals surface area contributed by atoms with Gasteiger partial charge in [0.2, 0.25) is 0 Å². The molecule has 0 saturated heterocycles. The zero-order valence-corrected chi connectivity index (χ0v) is 19.7. The van der Waals surface area contributed by atoms with Crippen molar-refractivity contribution in [3.05, 3.63) is 16.0 Å². The van der Waals surface area contributed by atoms with Gasteiger partial charge in [-0.25, -0.2) is 16.8 Å². The van der Waals surface area contributed by atoms with Crippen LogP contribution in [0.4, 0.5) is 26.3 Å². The van der Waals surface area contributed by atoms with Crippen molar-refractivity contribution >= 4 is 25.8 Å². The second-order valence-electron chi connectivity index (χ2n) is 5.89. The first-order valence-electron chi connectivity index (χ1n) is 7.48. The van der Waals surface area contributed by atoms with E-state index >= 15 is 0 Å². The minimum absolute atomic E-state index is 0. The van der Waals surface area contributed by atoms with Gasteiger partial charge in [-0.15, -0.1) is 5.76 Å². The number of carbonyl (C=O) groups is 1. The van der Waals surface area contributed by atoms with Crippen molar-refractivity contribution in [2.24, 2.45) is 0 Å². The Morgan fingerprint density at radius 1 is 0.839 bits per heavy atom. The molecule has 31 heavy (non-hydrogen) atoms. The quantitative estimate of drug-likeness (QED) is 0.204. The Labute approximate surface area is 188 Å². The molecule has 191 valence electrons. The van der Waals surface area contributed by atoms with Crippen LogP contribution in [0.15, 0.2) is 11.8 Å². The van der Waals surface area contributed by atoms with Crippen LogP contribution in [0, 0.1) is 0 Å². The number of hydrogen-bond acceptors (Lipinski definition) is 8. The molecule has 0 unspecified atom stereocenters. The first-order valence-corrected chi connectivity index (χ1v) is 10.4. The normalized spacial score (nSPS) is 12.9. The summed E-state index contributed by atoms with van der Waals surface area (Å²) in [6.07, 6.45) is 1.06. The summed E-state index contributed by atoms with van der Waals surface area (Å²) in [6.45, 7) is 4.99. The molecule has 0 spiro atoms. The number of carbonyl (C=O) groups excluding carboxylic acids is 1. The van der Waals surface area contributed by atoms with Gasteiger partial charge in [0.15, 0.2) is 25.8 Å². The predicted octanol–water partition coefficient (Wildman–Crippen LogP) is 1.01. The van der Waals surface area contributed by atoms with Gasteiger partial charge in [0.05, 0.1) is 0 Å². The third kappa shape index (κ3) is 20.7. The molecule has 0 aliphatic heterocycles. The van der Waals surface area contributed by atoms with Crippen LogP contribution in [-0.2, 0) is 41.9 Å².